The quantitative estimate of drug-likeness (QED) is 0.865. The van der Waals surface area contributed by atoms with Crippen molar-refractivity contribution in [3.05, 3.63) is 23.8 Å². The summed E-state index contributed by atoms with van der Waals surface area (Å²) >= 11 is 0. The van der Waals surface area contributed by atoms with Crippen molar-refractivity contribution >= 4 is 27.4 Å². The summed E-state index contributed by atoms with van der Waals surface area (Å²) in [7, 11) is -3.56. The van der Waals surface area contributed by atoms with Crippen LogP contribution in [0.4, 0.5) is 5.69 Å². The first-order chi connectivity index (χ1) is 10.2. The minimum absolute atomic E-state index is 0.123. The number of rotatable bonds is 5. The van der Waals surface area contributed by atoms with E-state index in [0.717, 1.165) is 31.6 Å². The number of nitrogens with one attached hydrogen (secondary N) is 1. The number of sulfone groups is 1. The smallest absolute Gasteiger partial charge is 0.335 e. The maximum atomic E-state index is 12.4. The highest BCUT2D eigenvalue weighted by molar-refractivity contribution is 7.90. The Kier molecular flexibility index (Phi) is 4.28. The van der Waals surface area contributed by atoms with Crippen LogP contribution in [0.15, 0.2) is 23.1 Å². The molecule has 0 aliphatic heterocycles. The monoisotopic (exact) mass is 325 g/mol. The molecule has 0 saturated heterocycles. The molecule has 7 heteroatoms. The van der Waals surface area contributed by atoms with Crippen LogP contribution in [0.25, 0.3) is 0 Å². The van der Waals surface area contributed by atoms with Gasteiger partial charge in [-0.25, -0.2) is 13.2 Å². The Morgan fingerprint density at radius 3 is 2.32 bits per heavy atom. The Hall–Kier alpha value is -1.89. The van der Waals surface area contributed by atoms with Crippen molar-refractivity contribution in [1.29, 1.82) is 0 Å². The molecule has 120 valence electrons. The van der Waals surface area contributed by atoms with Gasteiger partial charge in [0.25, 0.3) is 0 Å². The third kappa shape index (κ3) is 3.14. The van der Waals surface area contributed by atoms with Crippen molar-refractivity contribution in [2.24, 2.45) is 5.41 Å². The molecule has 0 radical (unpaired) electrons. The van der Waals surface area contributed by atoms with Crippen LogP contribution in [0, 0.1) is 5.41 Å². The van der Waals surface area contributed by atoms with Crippen LogP contribution < -0.4 is 5.32 Å². The van der Waals surface area contributed by atoms with Gasteiger partial charge < -0.3 is 10.4 Å². The molecule has 6 nitrogen and oxygen atoms in total. The zero-order valence-corrected chi connectivity index (χ0v) is 13.4. The molecule has 1 fully saturated rings. The molecular weight excluding hydrogens is 306 g/mol. The van der Waals surface area contributed by atoms with Crippen LogP contribution >= 0.6 is 0 Å². The highest BCUT2D eigenvalue weighted by atomic mass is 32.2. The van der Waals surface area contributed by atoms with Gasteiger partial charge in [-0.1, -0.05) is 13.3 Å². The molecule has 1 aromatic carbocycles. The van der Waals surface area contributed by atoms with Gasteiger partial charge in [0.1, 0.15) is 0 Å². The largest absolute Gasteiger partial charge is 0.478 e. The van der Waals surface area contributed by atoms with Crippen LogP contribution in [-0.4, -0.2) is 31.7 Å². The van der Waals surface area contributed by atoms with E-state index in [-0.39, 0.29) is 22.1 Å². The number of amides is 1. The first kappa shape index (κ1) is 16.5. The first-order valence-electron chi connectivity index (χ1n) is 7.08. The number of carbonyl (C=O) groups is 2. The van der Waals surface area contributed by atoms with Gasteiger partial charge in [-0.2, -0.15) is 0 Å². The average molecular weight is 325 g/mol. The standard InChI is InChI=1S/C15H19NO5S/c1-3-15(5-4-6-15)14(19)16-11-7-10(13(17)18)8-12(9-11)22(2,20)21/h7-9H,3-6H2,1-2H3,(H,16,19)(H,17,18). The predicted octanol–water partition coefficient (Wildman–Crippen LogP) is 2.31. The summed E-state index contributed by atoms with van der Waals surface area (Å²) in [5, 5.41) is 11.8. The fourth-order valence-corrected chi connectivity index (χ4v) is 3.30. The molecule has 1 aliphatic rings. The van der Waals surface area contributed by atoms with Crippen molar-refractivity contribution in [2.75, 3.05) is 11.6 Å². The number of hydrogen-bond donors (Lipinski definition) is 2. The summed E-state index contributed by atoms with van der Waals surface area (Å²) in [6.07, 6.45) is 4.29. The molecule has 1 amide bonds. The van der Waals surface area contributed by atoms with Gasteiger partial charge in [0.2, 0.25) is 5.91 Å². The van der Waals surface area contributed by atoms with Crippen molar-refractivity contribution in [1.82, 2.24) is 0 Å². The van der Waals surface area contributed by atoms with Gasteiger partial charge in [-0.3, -0.25) is 4.79 Å². The van der Waals surface area contributed by atoms with Crippen LogP contribution in [0.5, 0.6) is 0 Å². The second kappa shape index (κ2) is 5.72. The Morgan fingerprint density at radius 1 is 1.27 bits per heavy atom. The van der Waals surface area contributed by atoms with E-state index in [4.69, 9.17) is 5.11 Å². The molecule has 22 heavy (non-hydrogen) atoms. The van der Waals surface area contributed by atoms with E-state index < -0.39 is 21.2 Å². The van der Waals surface area contributed by atoms with Gasteiger partial charge >= 0.3 is 5.97 Å². The van der Waals surface area contributed by atoms with Crippen molar-refractivity contribution in [3.63, 3.8) is 0 Å². The fourth-order valence-electron chi connectivity index (χ4n) is 2.62. The van der Waals surface area contributed by atoms with E-state index in [0.29, 0.717) is 6.42 Å². The number of carboxylic acids is 1. The summed E-state index contributed by atoms with van der Waals surface area (Å²) in [5.74, 6) is -1.42. The highest BCUT2D eigenvalue weighted by Crippen LogP contribution is 2.44. The van der Waals surface area contributed by atoms with Gasteiger partial charge in [0.15, 0.2) is 9.84 Å². The third-order valence-electron chi connectivity index (χ3n) is 4.31. The highest BCUT2D eigenvalue weighted by Gasteiger charge is 2.42. The number of anilines is 1. The predicted molar refractivity (Wildman–Crippen MR) is 81.7 cm³/mol. The summed E-state index contributed by atoms with van der Waals surface area (Å²) in [4.78, 5) is 23.4. The average Bonchev–Trinajstić information content (AvgIpc) is 2.36. The second-order valence-electron chi connectivity index (χ2n) is 5.76. The Morgan fingerprint density at radius 2 is 1.91 bits per heavy atom. The Balaban J connectivity index is 2.36. The van der Waals surface area contributed by atoms with E-state index in [1.54, 1.807) is 0 Å². The number of benzene rings is 1. The van der Waals surface area contributed by atoms with E-state index in [1.165, 1.54) is 12.1 Å². The van der Waals surface area contributed by atoms with Crippen molar-refractivity contribution in [3.8, 4) is 0 Å². The molecule has 2 rings (SSSR count). The van der Waals surface area contributed by atoms with Crippen LogP contribution in [0.3, 0.4) is 0 Å². The topological polar surface area (TPSA) is 101 Å². The van der Waals surface area contributed by atoms with Crippen LogP contribution in [-0.2, 0) is 14.6 Å². The minimum atomic E-state index is -3.56. The molecule has 2 N–H and O–H groups in total. The van der Waals surface area contributed by atoms with E-state index in [2.05, 4.69) is 5.32 Å². The van der Waals surface area contributed by atoms with Gasteiger partial charge in [-0.15, -0.1) is 0 Å². The molecule has 1 aromatic rings. The van der Waals surface area contributed by atoms with E-state index >= 15 is 0 Å². The maximum Gasteiger partial charge on any atom is 0.335 e. The maximum absolute atomic E-state index is 12.4. The second-order valence-corrected chi connectivity index (χ2v) is 7.78. The van der Waals surface area contributed by atoms with Crippen LogP contribution in [0.2, 0.25) is 0 Å². The summed E-state index contributed by atoms with van der Waals surface area (Å²) in [6.45, 7) is 1.94. The lowest BCUT2D eigenvalue weighted by molar-refractivity contribution is -0.130. The minimum Gasteiger partial charge on any atom is -0.478 e. The lowest BCUT2D eigenvalue weighted by Crippen LogP contribution is -2.41. The lowest BCUT2D eigenvalue weighted by atomic mass is 9.66. The van der Waals surface area contributed by atoms with Gasteiger partial charge in [0.05, 0.1) is 10.5 Å². The fraction of sp³-hybridized carbons (Fsp3) is 0.467. The molecule has 0 spiro atoms. The number of carbonyl (C=O) groups excluding carboxylic acids is 1. The number of hydrogen-bond acceptors (Lipinski definition) is 4. The summed E-state index contributed by atoms with van der Waals surface area (Å²) in [5.41, 5.74) is -0.382. The van der Waals surface area contributed by atoms with Crippen molar-refractivity contribution < 1.29 is 23.1 Å². The normalized spacial score (nSPS) is 16.6. The molecule has 0 bridgehead atoms. The number of carboxylic acid groups (broad SMARTS) is 1. The van der Waals surface area contributed by atoms with Crippen LogP contribution in [0.1, 0.15) is 43.0 Å². The summed E-state index contributed by atoms with van der Waals surface area (Å²) in [6, 6.07) is 3.66. The molecule has 1 saturated carbocycles. The molecule has 0 heterocycles. The zero-order valence-electron chi connectivity index (χ0n) is 12.5. The molecule has 0 unspecified atom stereocenters. The number of aromatic carboxylic acids is 1. The molecule has 1 aliphatic carbocycles. The van der Waals surface area contributed by atoms with Gasteiger partial charge in [-0.05, 0) is 37.5 Å². The Bertz CT molecular complexity index is 714. The zero-order chi connectivity index (χ0) is 16.5. The first-order valence-corrected chi connectivity index (χ1v) is 8.97. The van der Waals surface area contributed by atoms with Gasteiger partial charge in [0, 0.05) is 17.4 Å². The SMILES string of the molecule is CCC1(C(=O)Nc2cc(C(=O)O)cc(S(C)(=O)=O)c2)CCC1. The van der Waals surface area contributed by atoms with Crippen molar-refractivity contribution in [2.45, 2.75) is 37.5 Å². The summed E-state index contributed by atoms with van der Waals surface area (Å²) < 4.78 is 23.3. The van der Waals surface area contributed by atoms with E-state index in [1.807, 2.05) is 6.92 Å². The molecular formula is C15H19NO5S. The third-order valence-corrected chi connectivity index (χ3v) is 5.40. The van der Waals surface area contributed by atoms with E-state index in [9.17, 15) is 18.0 Å². The molecule has 0 atom stereocenters. The lowest BCUT2D eigenvalue weighted by Gasteiger charge is -2.39. The molecule has 0 aromatic heterocycles. The Labute approximate surface area is 129 Å².